The Hall–Kier alpha value is -0.0800. The lowest BCUT2D eigenvalue weighted by Crippen LogP contribution is -2.59. The zero-order chi connectivity index (χ0) is 12.4. The van der Waals surface area contributed by atoms with Crippen molar-refractivity contribution in [1.82, 2.24) is 10.2 Å². The fourth-order valence-electron chi connectivity index (χ4n) is 3.53. The Morgan fingerprint density at radius 2 is 1.88 bits per heavy atom. The van der Waals surface area contributed by atoms with E-state index in [0.717, 1.165) is 23.9 Å². The third-order valence-corrected chi connectivity index (χ3v) is 5.09. The monoisotopic (exact) mass is 238 g/mol. The molecule has 0 aromatic heterocycles. The summed E-state index contributed by atoms with van der Waals surface area (Å²) in [5, 5.41) is 3.75. The number of nitrogens with zero attached hydrogens (tertiary/aromatic N) is 1. The molecule has 1 N–H and O–H groups in total. The summed E-state index contributed by atoms with van der Waals surface area (Å²) in [5.74, 6) is 1.86. The van der Waals surface area contributed by atoms with E-state index in [4.69, 9.17) is 0 Å². The Labute approximate surface area is 107 Å². The van der Waals surface area contributed by atoms with Gasteiger partial charge in [0.25, 0.3) is 0 Å². The van der Waals surface area contributed by atoms with Gasteiger partial charge in [0.05, 0.1) is 0 Å². The van der Waals surface area contributed by atoms with Gasteiger partial charge >= 0.3 is 0 Å². The van der Waals surface area contributed by atoms with Crippen molar-refractivity contribution in [2.45, 2.75) is 71.5 Å². The fraction of sp³-hybridized carbons (Fsp3) is 1.00. The minimum absolute atomic E-state index is 0.709. The smallest absolute Gasteiger partial charge is 0.0224 e. The summed E-state index contributed by atoms with van der Waals surface area (Å²) in [6.45, 7) is 12.0. The lowest BCUT2D eigenvalue weighted by molar-refractivity contribution is 0.0606. The summed E-state index contributed by atoms with van der Waals surface area (Å²) in [6.07, 6.45) is 5.56. The van der Waals surface area contributed by atoms with Crippen molar-refractivity contribution in [3.8, 4) is 0 Å². The molecule has 1 heterocycles. The summed E-state index contributed by atoms with van der Waals surface area (Å²) in [4.78, 5) is 2.77. The summed E-state index contributed by atoms with van der Waals surface area (Å²) in [7, 11) is 0. The van der Waals surface area contributed by atoms with E-state index in [0.29, 0.717) is 6.04 Å². The van der Waals surface area contributed by atoms with E-state index < -0.39 is 0 Å². The summed E-state index contributed by atoms with van der Waals surface area (Å²) in [5.41, 5.74) is 0. The molecule has 0 aromatic rings. The van der Waals surface area contributed by atoms with Gasteiger partial charge in [-0.25, -0.2) is 0 Å². The van der Waals surface area contributed by atoms with Crippen LogP contribution in [-0.4, -0.2) is 36.1 Å². The molecule has 0 amide bonds. The van der Waals surface area contributed by atoms with Crippen molar-refractivity contribution >= 4 is 0 Å². The number of hydrogen-bond donors (Lipinski definition) is 1. The second-order valence-electron chi connectivity index (χ2n) is 6.22. The van der Waals surface area contributed by atoms with E-state index in [1.54, 1.807) is 0 Å². The molecule has 1 saturated carbocycles. The highest BCUT2D eigenvalue weighted by atomic mass is 15.3. The first kappa shape index (κ1) is 13.4. The Balaban J connectivity index is 1.95. The molecule has 1 saturated heterocycles. The first-order valence-electron chi connectivity index (χ1n) is 7.66. The molecule has 1 aliphatic carbocycles. The third-order valence-electron chi connectivity index (χ3n) is 5.09. The van der Waals surface area contributed by atoms with E-state index in [1.165, 1.54) is 38.8 Å². The molecule has 2 fully saturated rings. The van der Waals surface area contributed by atoms with Crippen LogP contribution in [0.25, 0.3) is 0 Å². The summed E-state index contributed by atoms with van der Waals surface area (Å²) < 4.78 is 0. The predicted octanol–water partition coefficient (Wildman–Crippen LogP) is 2.88. The SMILES string of the molecule is CCC(CC)C(C)N1CC(C2CC2)NCC1C. The van der Waals surface area contributed by atoms with Gasteiger partial charge in [-0.1, -0.05) is 26.7 Å². The molecule has 2 nitrogen and oxygen atoms in total. The van der Waals surface area contributed by atoms with E-state index in [9.17, 15) is 0 Å². The number of hydrogen-bond acceptors (Lipinski definition) is 2. The van der Waals surface area contributed by atoms with Crippen molar-refractivity contribution in [1.29, 1.82) is 0 Å². The van der Waals surface area contributed by atoms with Gasteiger partial charge in [-0.15, -0.1) is 0 Å². The van der Waals surface area contributed by atoms with Crippen LogP contribution in [0.3, 0.4) is 0 Å². The highest BCUT2D eigenvalue weighted by Gasteiger charge is 2.38. The maximum atomic E-state index is 3.75. The third kappa shape index (κ3) is 3.03. The molecule has 1 aliphatic heterocycles. The van der Waals surface area contributed by atoms with Crippen LogP contribution in [-0.2, 0) is 0 Å². The lowest BCUT2D eigenvalue weighted by Gasteiger charge is -2.45. The quantitative estimate of drug-likeness (QED) is 0.792. The lowest BCUT2D eigenvalue weighted by atomic mass is 9.91. The molecule has 3 atom stereocenters. The van der Waals surface area contributed by atoms with Crippen molar-refractivity contribution < 1.29 is 0 Å². The molecule has 2 rings (SSSR count). The van der Waals surface area contributed by atoms with Gasteiger partial charge in [0.1, 0.15) is 0 Å². The molecule has 17 heavy (non-hydrogen) atoms. The topological polar surface area (TPSA) is 15.3 Å². The second-order valence-corrected chi connectivity index (χ2v) is 6.22. The Morgan fingerprint density at radius 1 is 1.24 bits per heavy atom. The first-order chi connectivity index (χ1) is 8.17. The molecular weight excluding hydrogens is 208 g/mol. The standard InChI is InChI=1S/C15H30N2/c1-5-13(6-2)12(4)17-10-15(14-7-8-14)16-9-11(17)3/h11-16H,5-10H2,1-4H3. The summed E-state index contributed by atoms with van der Waals surface area (Å²) in [6, 6.07) is 2.24. The number of piperazine rings is 1. The predicted molar refractivity (Wildman–Crippen MR) is 74.2 cm³/mol. The van der Waals surface area contributed by atoms with Crippen LogP contribution < -0.4 is 5.32 Å². The zero-order valence-corrected chi connectivity index (χ0v) is 12.1. The Kier molecular flexibility index (Phi) is 4.48. The second kappa shape index (κ2) is 5.71. The molecule has 0 radical (unpaired) electrons. The van der Waals surface area contributed by atoms with E-state index in [-0.39, 0.29) is 0 Å². The number of nitrogens with one attached hydrogen (secondary N) is 1. The Morgan fingerprint density at radius 3 is 2.41 bits per heavy atom. The van der Waals surface area contributed by atoms with Crippen molar-refractivity contribution in [3.63, 3.8) is 0 Å². The minimum Gasteiger partial charge on any atom is -0.311 e. The summed E-state index contributed by atoms with van der Waals surface area (Å²) >= 11 is 0. The normalized spacial score (nSPS) is 33.0. The van der Waals surface area contributed by atoms with Gasteiger partial charge in [-0.2, -0.15) is 0 Å². The zero-order valence-electron chi connectivity index (χ0n) is 12.1. The Bertz CT molecular complexity index is 233. The van der Waals surface area contributed by atoms with Crippen molar-refractivity contribution in [2.24, 2.45) is 11.8 Å². The van der Waals surface area contributed by atoms with Crippen LogP contribution in [0.1, 0.15) is 53.4 Å². The highest BCUT2D eigenvalue weighted by molar-refractivity contribution is 4.95. The van der Waals surface area contributed by atoms with Crippen LogP contribution in [0.5, 0.6) is 0 Å². The molecule has 0 bridgehead atoms. The van der Waals surface area contributed by atoms with Gasteiger partial charge < -0.3 is 5.32 Å². The molecule has 3 unspecified atom stereocenters. The van der Waals surface area contributed by atoms with Crippen LogP contribution in [0.15, 0.2) is 0 Å². The number of rotatable bonds is 5. The van der Waals surface area contributed by atoms with Crippen LogP contribution in [0.2, 0.25) is 0 Å². The average molecular weight is 238 g/mol. The molecule has 2 aliphatic rings. The van der Waals surface area contributed by atoms with Gasteiger partial charge in [-0.3, -0.25) is 4.90 Å². The molecular formula is C15H30N2. The van der Waals surface area contributed by atoms with Gasteiger partial charge in [-0.05, 0) is 38.5 Å². The van der Waals surface area contributed by atoms with E-state index >= 15 is 0 Å². The fourth-order valence-corrected chi connectivity index (χ4v) is 3.53. The van der Waals surface area contributed by atoms with Crippen molar-refractivity contribution in [3.05, 3.63) is 0 Å². The minimum atomic E-state index is 0.709. The highest BCUT2D eigenvalue weighted by Crippen LogP contribution is 2.35. The van der Waals surface area contributed by atoms with Gasteiger partial charge in [0.2, 0.25) is 0 Å². The van der Waals surface area contributed by atoms with Gasteiger partial charge in [0, 0.05) is 31.2 Å². The van der Waals surface area contributed by atoms with E-state index in [1.807, 2.05) is 0 Å². The van der Waals surface area contributed by atoms with Crippen LogP contribution in [0, 0.1) is 11.8 Å². The molecule has 100 valence electrons. The van der Waals surface area contributed by atoms with Gasteiger partial charge in [0.15, 0.2) is 0 Å². The largest absolute Gasteiger partial charge is 0.311 e. The molecule has 2 heteroatoms. The maximum Gasteiger partial charge on any atom is 0.0224 e. The van der Waals surface area contributed by atoms with E-state index in [2.05, 4.69) is 37.9 Å². The van der Waals surface area contributed by atoms with Crippen molar-refractivity contribution in [2.75, 3.05) is 13.1 Å². The molecule has 0 spiro atoms. The first-order valence-corrected chi connectivity index (χ1v) is 7.66. The maximum absolute atomic E-state index is 3.75. The van der Waals surface area contributed by atoms with Crippen LogP contribution in [0.4, 0.5) is 0 Å². The molecule has 0 aromatic carbocycles. The average Bonchev–Trinajstić information content (AvgIpc) is 3.15. The van der Waals surface area contributed by atoms with Crippen LogP contribution >= 0.6 is 0 Å².